The number of aryl methyl sites for hydroxylation is 2. The topological polar surface area (TPSA) is 57.7 Å². The summed E-state index contributed by atoms with van der Waals surface area (Å²) in [6.07, 6.45) is 3.63. The molecule has 1 saturated heterocycles. The quantitative estimate of drug-likeness (QED) is 0.636. The number of hydrogen-bond acceptors (Lipinski definition) is 3. The summed E-state index contributed by atoms with van der Waals surface area (Å²) in [5.74, 6) is -1.36. The number of hydrogen-bond donors (Lipinski definition) is 0. The summed E-state index contributed by atoms with van der Waals surface area (Å²) in [4.78, 5) is 39.2. The normalized spacial score (nSPS) is 19.6. The Labute approximate surface area is 129 Å². The molecule has 116 valence electrons. The number of rotatable bonds is 3. The van der Waals surface area contributed by atoms with E-state index < -0.39 is 17.8 Å². The third kappa shape index (κ3) is 2.40. The van der Waals surface area contributed by atoms with Gasteiger partial charge in [0, 0.05) is 6.04 Å². The number of benzene rings is 1. The lowest BCUT2D eigenvalue weighted by molar-refractivity contribution is -0.144. The van der Waals surface area contributed by atoms with Crippen LogP contribution < -0.4 is 0 Å². The molecule has 2 fully saturated rings. The first-order valence-electron chi connectivity index (χ1n) is 7.74. The van der Waals surface area contributed by atoms with E-state index in [-0.39, 0.29) is 12.6 Å². The van der Waals surface area contributed by atoms with E-state index >= 15 is 0 Å². The molecule has 0 N–H and O–H groups in total. The number of imide groups is 2. The van der Waals surface area contributed by atoms with E-state index in [0.717, 1.165) is 47.3 Å². The number of nitrogens with zero attached hydrogens (tertiary/aromatic N) is 2. The van der Waals surface area contributed by atoms with E-state index in [9.17, 15) is 14.4 Å². The van der Waals surface area contributed by atoms with Crippen LogP contribution in [0, 0.1) is 13.8 Å². The van der Waals surface area contributed by atoms with E-state index in [1.165, 1.54) is 4.90 Å². The third-order valence-corrected chi connectivity index (χ3v) is 4.61. The minimum Gasteiger partial charge on any atom is -0.263 e. The fourth-order valence-corrected chi connectivity index (χ4v) is 3.29. The van der Waals surface area contributed by atoms with Gasteiger partial charge in [-0.1, -0.05) is 36.6 Å². The molecule has 1 heterocycles. The fraction of sp³-hybridized carbons (Fsp3) is 0.471. The van der Waals surface area contributed by atoms with Crippen LogP contribution in [0.1, 0.15) is 42.4 Å². The zero-order valence-corrected chi connectivity index (χ0v) is 13.0. The van der Waals surface area contributed by atoms with Crippen LogP contribution in [0.25, 0.3) is 0 Å². The number of amides is 4. The molecule has 2 aliphatic rings. The Bertz CT molecular complexity index is 647. The molecule has 1 aromatic carbocycles. The van der Waals surface area contributed by atoms with Crippen LogP contribution in [-0.2, 0) is 16.1 Å². The summed E-state index contributed by atoms with van der Waals surface area (Å²) in [6.45, 7) is 4.07. The first-order valence-corrected chi connectivity index (χ1v) is 7.74. The largest absolute Gasteiger partial charge is 0.334 e. The second-order valence-corrected chi connectivity index (χ2v) is 6.22. The molecule has 0 unspecified atom stereocenters. The highest BCUT2D eigenvalue weighted by atomic mass is 16.2. The molecule has 0 bridgehead atoms. The van der Waals surface area contributed by atoms with Gasteiger partial charge in [0.25, 0.3) is 0 Å². The molecule has 0 aromatic heterocycles. The highest BCUT2D eigenvalue weighted by Gasteiger charge is 2.47. The monoisotopic (exact) mass is 300 g/mol. The zero-order valence-electron chi connectivity index (χ0n) is 13.0. The standard InChI is InChI=1S/C17H20N2O3/c1-11-7-8-12(2)13(9-11)10-18-15(20)16(21)19(17(18)22)14-5-3-4-6-14/h7-9,14H,3-6,10H2,1-2H3. The van der Waals surface area contributed by atoms with Crippen LogP contribution in [0.15, 0.2) is 18.2 Å². The summed E-state index contributed by atoms with van der Waals surface area (Å²) >= 11 is 0. The zero-order chi connectivity index (χ0) is 15.9. The van der Waals surface area contributed by atoms with Crippen molar-refractivity contribution in [2.75, 3.05) is 0 Å². The lowest BCUT2D eigenvalue weighted by Gasteiger charge is -2.21. The van der Waals surface area contributed by atoms with Crippen LogP contribution in [0.3, 0.4) is 0 Å². The Balaban J connectivity index is 1.85. The van der Waals surface area contributed by atoms with Gasteiger partial charge in [-0.2, -0.15) is 0 Å². The Hall–Kier alpha value is -2.17. The van der Waals surface area contributed by atoms with Crippen molar-refractivity contribution >= 4 is 17.8 Å². The predicted molar refractivity (Wildman–Crippen MR) is 81.0 cm³/mol. The van der Waals surface area contributed by atoms with Gasteiger partial charge in [0.05, 0.1) is 6.54 Å². The van der Waals surface area contributed by atoms with Gasteiger partial charge in [0.1, 0.15) is 0 Å². The van der Waals surface area contributed by atoms with E-state index in [1.54, 1.807) is 0 Å². The van der Waals surface area contributed by atoms with Crippen molar-refractivity contribution in [1.82, 2.24) is 9.80 Å². The lowest BCUT2D eigenvalue weighted by Crippen LogP contribution is -2.39. The second-order valence-electron chi connectivity index (χ2n) is 6.22. The minimum atomic E-state index is -0.696. The SMILES string of the molecule is Cc1ccc(C)c(CN2C(=O)C(=O)N(C3CCCC3)C2=O)c1. The van der Waals surface area contributed by atoms with Crippen molar-refractivity contribution in [3.63, 3.8) is 0 Å². The van der Waals surface area contributed by atoms with E-state index in [0.29, 0.717) is 0 Å². The fourth-order valence-electron chi connectivity index (χ4n) is 3.29. The van der Waals surface area contributed by atoms with Crippen molar-refractivity contribution in [2.24, 2.45) is 0 Å². The van der Waals surface area contributed by atoms with Gasteiger partial charge in [-0.15, -0.1) is 0 Å². The molecule has 22 heavy (non-hydrogen) atoms. The first-order chi connectivity index (χ1) is 10.5. The van der Waals surface area contributed by atoms with E-state index in [4.69, 9.17) is 0 Å². The summed E-state index contributed by atoms with van der Waals surface area (Å²) in [6, 6.07) is 5.35. The van der Waals surface area contributed by atoms with E-state index in [2.05, 4.69) is 0 Å². The average Bonchev–Trinajstić information content (AvgIpc) is 3.07. The summed E-state index contributed by atoms with van der Waals surface area (Å²) in [5.41, 5.74) is 2.99. The van der Waals surface area contributed by atoms with Gasteiger partial charge in [0.15, 0.2) is 0 Å². The maximum atomic E-state index is 12.5. The van der Waals surface area contributed by atoms with Crippen LogP contribution in [0.4, 0.5) is 4.79 Å². The van der Waals surface area contributed by atoms with Gasteiger partial charge in [-0.25, -0.2) is 4.79 Å². The molecule has 1 aliphatic carbocycles. The molecule has 5 nitrogen and oxygen atoms in total. The van der Waals surface area contributed by atoms with Crippen molar-refractivity contribution in [1.29, 1.82) is 0 Å². The molecule has 1 aromatic rings. The van der Waals surface area contributed by atoms with Crippen LogP contribution >= 0.6 is 0 Å². The molecule has 0 atom stereocenters. The minimum absolute atomic E-state index is 0.104. The number of urea groups is 1. The smallest absolute Gasteiger partial charge is 0.263 e. The summed E-state index contributed by atoms with van der Waals surface area (Å²) < 4.78 is 0. The highest BCUT2D eigenvalue weighted by molar-refractivity contribution is 6.44. The Morgan fingerprint density at radius 2 is 1.73 bits per heavy atom. The second kappa shape index (κ2) is 5.55. The molecule has 1 saturated carbocycles. The summed E-state index contributed by atoms with van der Waals surface area (Å²) in [5, 5.41) is 0. The maximum absolute atomic E-state index is 12.5. The van der Waals surface area contributed by atoms with Gasteiger partial charge in [-0.05, 0) is 37.8 Å². The van der Waals surface area contributed by atoms with Gasteiger partial charge >= 0.3 is 17.8 Å². The first kappa shape index (κ1) is 14.8. The van der Waals surface area contributed by atoms with Crippen molar-refractivity contribution in [3.05, 3.63) is 34.9 Å². The number of carbonyl (C=O) groups is 3. The molecular weight excluding hydrogens is 280 g/mol. The van der Waals surface area contributed by atoms with Gasteiger partial charge in [0.2, 0.25) is 0 Å². The van der Waals surface area contributed by atoms with Gasteiger partial charge < -0.3 is 0 Å². The van der Waals surface area contributed by atoms with Gasteiger partial charge in [-0.3, -0.25) is 19.4 Å². The van der Waals surface area contributed by atoms with E-state index in [1.807, 2.05) is 32.0 Å². The summed E-state index contributed by atoms with van der Waals surface area (Å²) in [7, 11) is 0. The Morgan fingerprint density at radius 3 is 2.41 bits per heavy atom. The molecule has 3 rings (SSSR count). The van der Waals surface area contributed by atoms with Crippen LogP contribution in [0.5, 0.6) is 0 Å². The van der Waals surface area contributed by atoms with Crippen LogP contribution in [-0.4, -0.2) is 33.7 Å². The van der Waals surface area contributed by atoms with Crippen molar-refractivity contribution in [2.45, 2.75) is 52.1 Å². The molecule has 0 spiro atoms. The van der Waals surface area contributed by atoms with Crippen molar-refractivity contribution < 1.29 is 14.4 Å². The third-order valence-electron chi connectivity index (χ3n) is 4.61. The Morgan fingerprint density at radius 1 is 1.05 bits per heavy atom. The predicted octanol–water partition coefficient (Wildman–Crippen LogP) is 2.54. The lowest BCUT2D eigenvalue weighted by atomic mass is 10.1. The highest BCUT2D eigenvalue weighted by Crippen LogP contribution is 2.28. The van der Waals surface area contributed by atoms with Crippen molar-refractivity contribution in [3.8, 4) is 0 Å². The van der Waals surface area contributed by atoms with Crippen LogP contribution in [0.2, 0.25) is 0 Å². The molecular formula is C17H20N2O3. The molecule has 4 amide bonds. The number of carbonyl (C=O) groups excluding carboxylic acids is 3. The Kier molecular flexibility index (Phi) is 3.72. The maximum Gasteiger partial charge on any atom is 0.334 e. The average molecular weight is 300 g/mol. The molecule has 5 heteroatoms. The molecule has 1 aliphatic heterocycles. The molecule has 0 radical (unpaired) electrons.